The molecule has 0 saturated carbocycles. The minimum absolute atomic E-state index is 0.239. The van der Waals surface area contributed by atoms with Gasteiger partial charge in [-0.1, -0.05) is 18.6 Å². The summed E-state index contributed by atoms with van der Waals surface area (Å²) in [5.74, 6) is -0.595. The average Bonchev–Trinajstić information content (AvgIpc) is 2.48. The van der Waals surface area contributed by atoms with Crippen LogP contribution in [0.3, 0.4) is 0 Å². The Labute approximate surface area is 142 Å². The number of alkyl halides is 5. The molecule has 25 heavy (non-hydrogen) atoms. The summed E-state index contributed by atoms with van der Waals surface area (Å²) < 4.78 is 66.3. The van der Waals surface area contributed by atoms with Crippen LogP contribution < -0.4 is 4.74 Å². The van der Waals surface area contributed by atoms with Crippen LogP contribution in [0.25, 0.3) is 0 Å². The predicted molar refractivity (Wildman–Crippen MR) is 80.4 cm³/mol. The molecule has 2 saturated heterocycles. The monoisotopic (exact) mass is 365 g/mol. The highest BCUT2D eigenvalue weighted by Crippen LogP contribution is 2.44. The summed E-state index contributed by atoms with van der Waals surface area (Å²) >= 11 is 0. The molecule has 8 heteroatoms. The fraction of sp³-hybridized carbons (Fsp3) is 0.647. The number of rotatable bonds is 3. The summed E-state index contributed by atoms with van der Waals surface area (Å²) in [6.07, 6.45) is -6.94. The number of ether oxygens (including phenoxy) is 1. The SMILES string of the molecule is CN1C2CCCC1CC(O)(c1ccc(OC(F)(F)C(F)(F)F)cc1)C2. The molecule has 2 fully saturated rings. The van der Waals surface area contributed by atoms with E-state index in [-0.39, 0.29) is 12.1 Å². The van der Waals surface area contributed by atoms with Crippen LogP contribution >= 0.6 is 0 Å². The van der Waals surface area contributed by atoms with Gasteiger partial charge in [0.25, 0.3) is 0 Å². The van der Waals surface area contributed by atoms with Gasteiger partial charge in [0.2, 0.25) is 0 Å². The zero-order valence-corrected chi connectivity index (χ0v) is 13.7. The Morgan fingerprint density at radius 3 is 2.04 bits per heavy atom. The van der Waals surface area contributed by atoms with Gasteiger partial charge < -0.3 is 14.7 Å². The number of hydrogen-bond donors (Lipinski definition) is 1. The van der Waals surface area contributed by atoms with E-state index >= 15 is 0 Å². The molecule has 0 radical (unpaired) electrons. The van der Waals surface area contributed by atoms with Crippen molar-refractivity contribution in [1.29, 1.82) is 0 Å². The lowest BCUT2D eigenvalue weighted by molar-refractivity contribution is -0.360. The average molecular weight is 365 g/mol. The molecule has 1 N–H and O–H groups in total. The Morgan fingerprint density at radius 2 is 1.56 bits per heavy atom. The van der Waals surface area contributed by atoms with Gasteiger partial charge in [-0.2, -0.15) is 22.0 Å². The third-order valence-electron chi connectivity index (χ3n) is 5.34. The fourth-order valence-electron chi connectivity index (χ4n) is 3.92. The maximum Gasteiger partial charge on any atom is 0.499 e. The van der Waals surface area contributed by atoms with Crippen LogP contribution in [-0.2, 0) is 5.60 Å². The van der Waals surface area contributed by atoms with Crippen molar-refractivity contribution >= 4 is 0 Å². The summed E-state index contributed by atoms with van der Waals surface area (Å²) in [7, 11) is 2.03. The van der Waals surface area contributed by atoms with Gasteiger partial charge in [-0.25, -0.2) is 0 Å². The van der Waals surface area contributed by atoms with Gasteiger partial charge in [0.05, 0.1) is 5.60 Å². The summed E-state index contributed by atoms with van der Waals surface area (Å²) in [6.45, 7) is 0. The molecule has 1 aromatic carbocycles. The van der Waals surface area contributed by atoms with Crippen molar-refractivity contribution in [3.05, 3.63) is 29.8 Å². The van der Waals surface area contributed by atoms with Gasteiger partial charge in [-0.15, -0.1) is 0 Å². The molecule has 2 heterocycles. The molecule has 0 aliphatic carbocycles. The molecule has 2 aliphatic heterocycles. The normalized spacial score (nSPS) is 31.0. The minimum atomic E-state index is -5.78. The predicted octanol–water partition coefficient (Wildman–Crippen LogP) is 4.05. The van der Waals surface area contributed by atoms with Gasteiger partial charge in [0, 0.05) is 12.1 Å². The number of fused-ring (bicyclic) bond motifs is 2. The van der Waals surface area contributed by atoms with Crippen molar-refractivity contribution in [3.8, 4) is 5.75 Å². The van der Waals surface area contributed by atoms with Crippen molar-refractivity contribution in [2.24, 2.45) is 0 Å². The lowest BCUT2D eigenvalue weighted by Crippen LogP contribution is -2.55. The number of halogens is 5. The maximum absolute atomic E-state index is 12.9. The number of nitrogens with zero attached hydrogens (tertiary/aromatic N) is 1. The van der Waals surface area contributed by atoms with Crippen LogP contribution in [0.2, 0.25) is 0 Å². The molecule has 3 rings (SSSR count). The van der Waals surface area contributed by atoms with E-state index < -0.39 is 23.6 Å². The van der Waals surface area contributed by atoms with Gasteiger partial charge >= 0.3 is 12.3 Å². The van der Waals surface area contributed by atoms with E-state index in [4.69, 9.17) is 0 Å². The van der Waals surface area contributed by atoms with E-state index in [1.165, 1.54) is 12.1 Å². The minimum Gasteiger partial charge on any atom is -0.426 e. The van der Waals surface area contributed by atoms with E-state index in [2.05, 4.69) is 9.64 Å². The van der Waals surface area contributed by atoms with Crippen LogP contribution in [0, 0.1) is 0 Å². The summed E-state index contributed by atoms with van der Waals surface area (Å²) in [5.41, 5.74) is -0.590. The third-order valence-corrected chi connectivity index (χ3v) is 5.34. The second kappa shape index (κ2) is 6.09. The molecule has 1 aromatic rings. The first-order valence-corrected chi connectivity index (χ1v) is 8.20. The van der Waals surface area contributed by atoms with Crippen molar-refractivity contribution in [3.63, 3.8) is 0 Å². The first-order chi connectivity index (χ1) is 11.5. The van der Waals surface area contributed by atoms with Gasteiger partial charge in [0.15, 0.2) is 0 Å². The second-order valence-electron chi connectivity index (χ2n) is 6.98. The van der Waals surface area contributed by atoms with E-state index in [0.29, 0.717) is 18.4 Å². The molecule has 2 bridgehead atoms. The Balaban J connectivity index is 1.76. The molecule has 0 amide bonds. The first-order valence-electron chi connectivity index (χ1n) is 8.20. The molecule has 2 unspecified atom stereocenters. The molecule has 140 valence electrons. The van der Waals surface area contributed by atoms with Crippen LogP contribution in [0.5, 0.6) is 5.75 Å². The van der Waals surface area contributed by atoms with Crippen molar-refractivity contribution in [1.82, 2.24) is 4.90 Å². The first kappa shape index (κ1) is 18.4. The molecular formula is C17H20F5NO2. The topological polar surface area (TPSA) is 32.7 Å². The number of aliphatic hydroxyl groups is 1. The highest BCUT2D eigenvalue weighted by molar-refractivity contribution is 5.32. The number of hydrogen-bond acceptors (Lipinski definition) is 3. The maximum atomic E-state index is 12.9. The Kier molecular flexibility index (Phi) is 4.48. The van der Waals surface area contributed by atoms with Gasteiger partial charge in [-0.05, 0) is 50.4 Å². The standard InChI is InChI=1S/C17H20F5NO2/c1-23-12-3-2-4-13(23)10-15(24,9-12)11-5-7-14(8-6-11)25-17(21,22)16(18,19)20/h5-8,12-13,24H,2-4,9-10H2,1H3. The lowest BCUT2D eigenvalue weighted by atomic mass is 9.73. The Morgan fingerprint density at radius 1 is 1.04 bits per heavy atom. The molecule has 2 atom stereocenters. The number of piperidine rings is 2. The van der Waals surface area contributed by atoms with Crippen LogP contribution in [0.1, 0.15) is 37.7 Å². The van der Waals surface area contributed by atoms with Crippen LogP contribution in [0.15, 0.2) is 24.3 Å². The second-order valence-corrected chi connectivity index (χ2v) is 6.98. The molecule has 0 aromatic heterocycles. The summed E-state index contributed by atoms with van der Waals surface area (Å²) in [5, 5.41) is 11.0. The lowest BCUT2D eigenvalue weighted by Gasteiger charge is -2.50. The Hall–Kier alpha value is -1.41. The van der Waals surface area contributed by atoms with Crippen molar-refractivity contribution in [2.75, 3.05) is 7.05 Å². The fourth-order valence-corrected chi connectivity index (χ4v) is 3.92. The molecule has 0 spiro atoms. The van der Waals surface area contributed by atoms with Crippen molar-refractivity contribution < 1.29 is 31.8 Å². The zero-order chi connectivity index (χ0) is 18.5. The molecule has 3 nitrogen and oxygen atoms in total. The smallest absolute Gasteiger partial charge is 0.426 e. The summed E-state index contributed by atoms with van der Waals surface area (Å²) in [6, 6.07) is 5.29. The number of benzene rings is 1. The van der Waals surface area contributed by atoms with E-state index in [1.807, 2.05) is 7.05 Å². The summed E-state index contributed by atoms with van der Waals surface area (Å²) in [4.78, 5) is 2.26. The third kappa shape index (κ3) is 3.46. The van der Waals surface area contributed by atoms with Crippen LogP contribution in [-0.4, -0.2) is 41.4 Å². The molecule has 2 aliphatic rings. The van der Waals surface area contributed by atoms with Gasteiger partial charge in [-0.3, -0.25) is 0 Å². The van der Waals surface area contributed by atoms with Crippen molar-refractivity contribution in [2.45, 2.75) is 62.1 Å². The zero-order valence-electron chi connectivity index (χ0n) is 13.7. The highest BCUT2D eigenvalue weighted by atomic mass is 19.4. The van der Waals surface area contributed by atoms with E-state index in [0.717, 1.165) is 31.4 Å². The van der Waals surface area contributed by atoms with E-state index in [9.17, 15) is 27.1 Å². The largest absolute Gasteiger partial charge is 0.499 e. The quantitative estimate of drug-likeness (QED) is 0.821. The Bertz CT molecular complexity index is 602. The molecular weight excluding hydrogens is 345 g/mol. The van der Waals surface area contributed by atoms with E-state index in [1.54, 1.807) is 0 Å². The van der Waals surface area contributed by atoms with Crippen LogP contribution in [0.4, 0.5) is 22.0 Å². The van der Waals surface area contributed by atoms with Gasteiger partial charge in [0.1, 0.15) is 5.75 Å². The highest BCUT2D eigenvalue weighted by Gasteiger charge is 2.61.